The van der Waals surface area contributed by atoms with Crippen LogP contribution in [0.2, 0.25) is 0 Å². The van der Waals surface area contributed by atoms with Crippen molar-refractivity contribution in [1.29, 1.82) is 0 Å². The lowest BCUT2D eigenvalue weighted by Gasteiger charge is -2.27. The lowest BCUT2D eigenvalue weighted by atomic mass is 10.1. The smallest absolute Gasteiger partial charge is 0.265 e. The van der Waals surface area contributed by atoms with Crippen molar-refractivity contribution in [3.63, 3.8) is 0 Å². The fourth-order valence-corrected chi connectivity index (χ4v) is 3.22. The SMILES string of the molecule is CC(Oc1ccccc1F)C(=O)Nc1cccc(-c2ccc(N3CCOCC3)nn2)c1. The summed E-state index contributed by atoms with van der Waals surface area (Å²) in [7, 11) is 0. The zero-order valence-corrected chi connectivity index (χ0v) is 17.1. The van der Waals surface area contributed by atoms with Gasteiger partial charge in [0.2, 0.25) is 0 Å². The van der Waals surface area contributed by atoms with Gasteiger partial charge in [0.15, 0.2) is 23.5 Å². The van der Waals surface area contributed by atoms with Crippen LogP contribution in [0.15, 0.2) is 60.7 Å². The molecule has 3 aromatic rings. The molecule has 1 unspecified atom stereocenters. The van der Waals surface area contributed by atoms with Crippen molar-refractivity contribution in [3.05, 3.63) is 66.5 Å². The average molecular weight is 422 g/mol. The molecule has 1 aromatic heterocycles. The van der Waals surface area contributed by atoms with E-state index in [4.69, 9.17) is 9.47 Å². The van der Waals surface area contributed by atoms with E-state index in [9.17, 15) is 9.18 Å². The van der Waals surface area contributed by atoms with Gasteiger partial charge < -0.3 is 19.7 Å². The Hall–Kier alpha value is -3.52. The molecular formula is C23H23FN4O3. The number of ether oxygens (including phenoxy) is 2. The fourth-order valence-electron chi connectivity index (χ4n) is 3.22. The van der Waals surface area contributed by atoms with Crippen LogP contribution in [0.3, 0.4) is 0 Å². The van der Waals surface area contributed by atoms with Crippen LogP contribution >= 0.6 is 0 Å². The third-order valence-corrected chi connectivity index (χ3v) is 4.92. The molecule has 2 heterocycles. The molecule has 0 saturated carbocycles. The van der Waals surface area contributed by atoms with Gasteiger partial charge >= 0.3 is 0 Å². The number of benzene rings is 2. The molecule has 0 bridgehead atoms. The molecule has 0 radical (unpaired) electrons. The number of morpholine rings is 1. The van der Waals surface area contributed by atoms with Crippen molar-refractivity contribution < 1.29 is 18.7 Å². The first-order chi connectivity index (χ1) is 15.1. The molecule has 0 spiro atoms. The number of hydrogen-bond acceptors (Lipinski definition) is 6. The maximum absolute atomic E-state index is 13.7. The first-order valence-electron chi connectivity index (χ1n) is 10.1. The molecule has 160 valence electrons. The zero-order valence-electron chi connectivity index (χ0n) is 17.1. The molecule has 1 saturated heterocycles. The molecular weight excluding hydrogens is 399 g/mol. The van der Waals surface area contributed by atoms with Crippen LogP contribution in [0, 0.1) is 5.82 Å². The quantitative estimate of drug-likeness (QED) is 0.655. The predicted molar refractivity (Wildman–Crippen MR) is 116 cm³/mol. The molecule has 31 heavy (non-hydrogen) atoms. The monoisotopic (exact) mass is 422 g/mol. The maximum Gasteiger partial charge on any atom is 0.265 e. The highest BCUT2D eigenvalue weighted by Crippen LogP contribution is 2.23. The number of para-hydroxylation sites is 1. The van der Waals surface area contributed by atoms with Gasteiger partial charge in [-0.25, -0.2) is 4.39 Å². The Bertz CT molecular complexity index is 1040. The Morgan fingerprint density at radius 1 is 1.10 bits per heavy atom. The van der Waals surface area contributed by atoms with Crippen LogP contribution in [0.5, 0.6) is 5.75 Å². The number of nitrogens with one attached hydrogen (secondary N) is 1. The Labute approximate surface area is 179 Å². The summed E-state index contributed by atoms with van der Waals surface area (Å²) in [4.78, 5) is 14.6. The first-order valence-corrected chi connectivity index (χ1v) is 10.1. The van der Waals surface area contributed by atoms with Crippen molar-refractivity contribution in [2.45, 2.75) is 13.0 Å². The van der Waals surface area contributed by atoms with Crippen LogP contribution < -0.4 is 15.0 Å². The number of anilines is 2. The van der Waals surface area contributed by atoms with E-state index in [1.165, 1.54) is 12.1 Å². The zero-order chi connectivity index (χ0) is 21.6. The molecule has 1 atom stereocenters. The first kappa shape index (κ1) is 20.7. The number of rotatable bonds is 6. The van der Waals surface area contributed by atoms with Crippen LogP contribution in [0.1, 0.15) is 6.92 Å². The number of carbonyl (C=O) groups is 1. The summed E-state index contributed by atoms with van der Waals surface area (Å²) >= 11 is 0. The minimum atomic E-state index is -0.867. The number of hydrogen-bond donors (Lipinski definition) is 1. The number of amides is 1. The minimum Gasteiger partial charge on any atom is -0.478 e. The van der Waals surface area contributed by atoms with Crippen molar-refractivity contribution in [2.24, 2.45) is 0 Å². The summed E-state index contributed by atoms with van der Waals surface area (Å²) in [5, 5.41) is 11.5. The third-order valence-electron chi connectivity index (χ3n) is 4.92. The van der Waals surface area contributed by atoms with Crippen molar-refractivity contribution in [3.8, 4) is 17.0 Å². The Morgan fingerprint density at radius 3 is 2.65 bits per heavy atom. The second-order valence-electron chi connectivity index (χ2n) is 7.14. The van der Waals surface area contributed by atoms with Gasteiger partial charge in [-0.15, -0.1) is 10.2 Å². The molecule has 1 aliphatic rings. The topological polar surface area (TPSA) is 76.6 Å². The number of aromatic nitrogens is 2. The van der Waals surface area contributed by atoms with Gasteiger partial charge in [-0.1, -0.05) is 24.3 Å². The van der Waals surface area contributed by atoms with Gasteiger partial charge in [-0.3, -0.25) is 4.79 Å². The van der Waals surface area contributed by atoms with Crippen LogP contribution in [0.25, 0.3) is 11.3 Å². The molecule has 7 nitrogen and oxygen atoms in total. The second kappa shape index (κ2) is 9.53. The minimum absolute atomic E-state index is 0.0366. The molecule has 1 amide bonds. The lowest BCUT2D eigenvalue weighted by molar-refractivity contribution is -0.122. The van der Waals surface area contributed by atoms with Crippen LogP contribution in [0.4, 0.5) is 15.9 Å². The van der Waals surface area contributed by atoms with Crippen molar-refractivity contribution in [2.75, 3.05) is 36.5 Å². The summed E-state index contributed by atoms with van der Waals surface area (Å²) in [6.07, 6.45) is -0.867. The summed E-state index contributed by atoms with van der Waals surface area (Å²) in [5.74, 6) is -0.0393. The maximum atomic E-state index is 13.7. The highest BCUT2D eigenvalue weighted by atomic mass is 19.1. The third kappa shape index (κ3) is 5.16. The van der Waals surface area contributed by atoms with Gasteiger partial charge in [0, 0.05) is 24.3 Å². The van der Waals surface area contributed by atoms with E-state index in [1.54, 1.807) is 25.1 Å². The number of halogens is 1. The second-order valence-corrected chi connectivity index (χ2v) is 7.14. The van der Waals surface area contributed by atoms with E-state index >= 15 is 0 Å². The summed E-state index contributed by atoms with van der Waals surface area (Å²) < 4.78 is 24.6. The van der Waals surface area contributed by atoms with E-state index in [-0.39, 0.29) is 11.7 Å². The van der Waals surface area contributed by atoms with Crippen molar-refractivity contribution >= 4 is 17.4 Å². The largest absolute Gasteiger partial charge is 0.478 e. The summed E-state index contributed by atoms with van der Waals surface area (Å²) in [6, 6.07) is 17.1. The van der Waals surface area contributed by atoms with E-state index in [1.807, 2.05) is 30.3 Å². The normalized spacial score (nSPS) is 14.7. The van der Waals surface area contributed by atoms with Gasteiger partial charge in [0.1, 0.15) is 0 Å². The summed E-state index contributed by atoms with van der Waals surface area (Å²) in [5.41, 5.74) is 2.11. The highest BCUT2D eigenvalue weighted by molar-refractivity contribution is 5.94. The van der Waals surface area contributed by atoms with E-state index in [0.717, 1.165) is 24.5 Å². The predicted octanol–water partition coefficient (Wildman–Crippen LogP) is 3.53. The number of nitrogens with zero attached hydrogens (tertiary/aromatic N) is 3. The molecule has 1 aliphatic heterocycles. The highest BCUT2D eigenvalue weighted by Gasteiger charge is 2.17. The average Bonchev–Trinajstić information content (AvgIpc) is 2.81. The molecule has 0 aliphatic carbocycles. The fraction of sp³-hybridized carbons (Fsp3) is 0.261. The van der Waals surface area contributed by atoms with E-state index in [2.05, 4.69) is 20.4 Å². The molecule has 4 rings (SSSR count). The van der Waals surface area contributed by atoms with E-state index in [0.29, 0.717) is 24.6 Å². The van der Waals surface area contributed by atoms with Crippen molar-refractivity contribution in [1.82, 2.24) is 10.2 Å². The Balaban J connectivity index is 1.42. The Morgan fingerprint density at radius 2 is 1.90 bits per heavy atom. The molecule has 1 N–H and O–H groups in total. The Kier molecular flexibility index (Phi) is 6.37. The van der Waals surface area contributed by atoms with Gasteiger partial charge in [0.25, 0.3) is 5.91 Å². The lowest BCUT2D eigenvalue weighted by Crippen LogP contribution is -2.36. The summed E-state index contributed by atoms with van der Waals surface area (Å²) in [6.45, 7) is 4.53. The standard InChI is InChI=1S/C23H23FN4O3/c1-16(31-21-8-3-2-7-19(21)24)23(29)25-18-6-4-5-17(15-18)20-9-10-22(27-26-20)28-11-13-30-14-12-28/h2-10,15-16H,11-14H2,1H3,(H,25,29). The van der Waals surface area contributed by atoms with Gasteiger partial charge in [-0.05, 0) is 43.3 Å². The van der Waals surface area contributed by atoms with Gasteiger partial charge in [-0.2, -0.15) is 0 Å². The van der Waals surface area contributed by atoms with E-state index < -0.39 is 11.9 Å². The molecule has 1 fully saturated rings. The van der Waals surface area contributed by atoms with Crippen LogP contribution in [-0.4, -0.2) is 48.5 Å². The number of carbonyl (C=O) groups excluding carboxylic acids is 1. The molecule has 2 aromatic carbocycles. The molecule has 8 heteroatoms. The van der Waals surface area contributed by atoms with Crippen LogP contribution in [-0.2, 0) is 9.53 Å². The van der Waals surface area contributed by atoms with Gasteiger partial charge in [0.05, 0.1) is 18.9 Å².